The molecule has 0 bridgehead atoms. The van der Waals surface area contributed by atoms with Gasteiger partial charge in [-0.3, -0.25) is 10.9 Å². The van der Waals surface area contributed by atoms with Gasteiger partial charge in [0.25, 0.3) is 0 Å². The largest absolute Gasteiger partial charge is 0.364 e. The number of nitrogens with one attached hydrogen (secondary N) is 4. The molecule has 1 rings (SSSR count). The third-order valence-electron chi connectivity index (χ3n) is 2.53. The molecule has 6 nitrogen and oxygen atoms in total. The summed E-state index contributed by atoms with van der Waals surface area (Å²) in [6, 6.07) is 7.56. The molecule has 0 aliphatic heterocycles. The molecule has 0 atom stereocenters. The first-order chi connectivity index (χ1) is 10.5. The van der Waals surface area contributed by atoms with Crippen LogP contribution in [0.2, 0.25) is 0 Å². The molecule has 22 heavy (non-hydrogen) atoms. The fraction of sp³-hybridized carbons (Fsp3) is 0.231. The molecule has 0 heterocycles. The van der Waals surface area contributed by atoms with Crippen molar-refractivity contribution in [1.29, 1.82) is 0 Å². The smallest absolute Gasteiger partial charge is 0.186 e. The average molecular weight is 355 g/mol. The second-order valence-electron chi connectivity index (χ2n) is 4.09. The molecule has 4 N–H and O–H groups in total. The van der Waals surface area contributed by atoms with Gasteiger partial charge in [-0.05, 0) is 43.5 Å². The van der Waals surface area contributed by atoms with Crippen molar-refractivity contribution in [3.63, 3.8) is 0 Å². The maximum Gasteiger partial charge on any atom is 0.186 e. The lowest BCUT2D eigenvalue weighted by Crippen LogP contribution is -2.32. The van der Waals surface area contributed by atoms with E-state index in [1.807, 2.05) is 31.2 Å². The molecular weight excluding hydrogens is 336 g/mol. The maximum absolute atomic E-state index is 5.03. The van der Waals surface area contributed by atoms with Crippen LogP contribution < -0.4 is 21.5 Å². The van der Waals surface area contributed by atoms with Gasteiger partial charge in [0.15, 0.2) is 10.2 Å². The lowest BCUT2D eigenvalue weighted by atomic mass is 10.1. The number of hydrogen-bond acceptors (Lipinski definition) is 5. The lowest BCUT2D eigenvalue weighted by Gasteiger charge is -2.09. The highest BCUT2D eigenvalue weighted by Crippen LogP contribution is 2.09. The predicted molar refractivity (Wildman–Crippen MR) is 103 cm³/mol. The van der Waals surface area contributed by atoms with E-state index in [-0.39, 0.29) is 0 Å². The van der Waals surface area contributed by atoms with Crippen LogP contribution in [0.15, 0.2) is 39.4 Å². The van der Waals surface area contributed by atoms with Gasteiger partial charge in [-0.1, -0.05) is 12.1 Å². The van der Waals surface area contributed by atoms with E-state index in [1.54, 1.807) is 14.1 Å². The van der Waals surface area contributed by atoms with Gasteiger partial charge >= 0.3 is 0 Å². The molecule has 0 aliphatic carbocycles. The molecule has 118 valence electrons. The molecule has 0 aliphatic rings. The van der Waals surface area contributed by atoms with Gasteiger partial charge in [0.05, 0.1) is 5.71 Å². The Labute approximate surface area is 146 Å². The minimum Gasteiger partial charge on any atom is -0.364 e. The van der Waals surface area contributed by atoms with Crippen LogP contribution >= 0.6 is 37.1 Å². The average Bonchev–Trinajstić information content (AvgIpc) is 2.53. The highest BCUT2D eigenvalue weighted by Gasteiger charge is 2.09. The quantitative estimate of drug-likeness (QED) is 0.243. The monoisotopic (exact) mass is 354 g/mol. The first-order valence-electron chi connectivity index (χ1n) is 6.35. The maximum atomic E-state index is 5.03. The Morgan fingerprint density at radius 2 is 1.45 bits per heavy atom. The van der Waals surface area contributed by atoms with Crippen LogP contribution in [0.4, 0.5) is 0 Å². The van der Waals surface area contributed by atoms with Crippen LogP contribution in [0.25, 0.3) is 0 Å². The molecule has 9 heteroatoms. The van der Waals surface area contributed by atoms with Crippen LogP contribution in [0, 0.1) is 0 Å². The van der Waals surface area contributed by atoms with Gasteiger partial charge in [0, 0.05) is 24.6 Å². The standard InChI is InChI=1S/C13H18N6S3/c1-8(16-18-12(21)14-2)11(17-19-13(22)15-3)9-4-6-10(20)7-5-9/h4-7,20H,1-3H3,(H2,14,18,21)(H2,15,19,22). The molecule has 0 saturated heterocycles. The molecule has 0 amide bonds. The van der Waals surface area contributed by atoms with E-state index in [1.165, 1.54) is 0 Å². The molecule has 0 fully saturated rings. The first kappa shape index (κ1) is 18.3. The number of thiol groups is 1. The van der Waals surface area contributed by atoms with Crippen molar-refractivity contribution in [2.45, 2.75) is 11.8 Å². The van der Waals surface area contributed by atoms with Crippen molar-refractivity contribution >= 4 is 58.7 Å². The van der Waals surface area contributed by atoms with Gasteiger partial charge in [0.1, 0.15) is 5.71 Å². The van der Waals surface area contributed by atoms with Gasteiger partial charge < -0.3 is 10.6 Å². The zero-order valence-corrected chi connectivity index (χ0v) is 15.0. The van der Waals surface area contributed by atoms with E-state index in [4.69, 9.17) is 24.4 Å². The zero-order valence-electron chi connectivity index (χ0n) is 12.5. The van der Waals surface area contributed by atoms with Crippen molar-refractivity contribution < 1.29 is 0 Å². The van der Waals surface area contributed by atoms with Gasteiger partial charge in [0.2, 0.25) is 0 Å². The van der Waals surface area contributed by atoms with Crippen molar-refractivity contribution in [1.82, 2.24) is 21.5 Å². The number of thiocarbonyl (C=S) groups is 2. The van der Waals surface area contributed by atoms with E-state index in [0.29, 0.717) is 21.6 Å². The summed E-state index contributed by atoms with van der Waals surface area (Å²) in [5.74, 6) is 0. The number of hydrazone groups is 2. The Morgan fingerprint density at radius 3 is 1.95 bits per heavy atom. The normalized spacial score (nSPS) is 11.6. The molecular formula is C13H18N6S3. The summed E-state index contributed by atoms with van der Waals surface area (Å²) in [5, 5.41) is 14.9. The lowest BCUT2D eigenvalue weighted by molar-refractivity contribution is 0.966. The van der Waals surface area contributed by atoms with Crippen molar-refractivity contribution in [3.8, 4) is 0 Å². The van der Waals surface area contributed by atoms with Gasteiger partial charge in [-0.2, -0.15) is 10.2 Å². The van der Waals surface area contributed by atoms with Crippen LogP contribution in [0.5, 0.6) is 0 Å². The molecule has 0 saturated carbocycles. The minimum atomic E-state index is 0.412. The van der Waals surface area contributed by atoms with Gasteiger partial charge in [-0.15, -0.1) is 12.6 Å². The Morgan fingerprint density at radius 1 is 0.955 bits per heavy atom. The predicted octanol–water partition coefficient (Wildman–Crippen LogP) is 1.24. The van der Waals surface area contributed by atoms with E-state index in [2.05, 4.69) is 44.3 Å². The summed E-state index contributed by atoms with van der Waals surface area (Å²) in [5.41, 5.74) is 7.65. The summed E-state index contributed by atoms with van der Waals surface area (Å²) in [6.45, 7) is 1.82. The fourth-order valence-electron chi connectivity index (χ4n) is 1.38. The number of nitrogens with zero attached hydrogens (tertiary/aromatic N) is 2. The number of benzene rings is 1. The van der Waals surface area contributed by atoms with E-state index in [0.717, 1.165) is 10.5 Å². The van der Waals surface area contributed by atoms with Crippen molar-refractivity contribution in [2.75, 3.05) is 14.1 Å². The Balaban J connectivity index is 3.07. The Bertz CT molecular complexity index is 594. The summed E-state index contributed by atoms with van der Waals surface area (Å²) in [4.78, 5) is 0.867. The number of rotatable bonds is 4. The van der Waals surface area contributed by atoms with Gasteiger partial charge in [-0.25, -0.2) is 0 Å². The molecule has 0 unspecified atom stereocenters. The van der Waals surface area contributed by atoms with Crippen LogP contribution in [0.3, 0.4) is 0 Å². The van der Waals surface area contributed by atoms with Crippen molar-refractivity contribution in [2.24, 2.45) is 10.2 Å². The summed E-state index contributed by atoms with van der Waals surface area (Å²) >= 11 is 14.3. The fourth-order valence-corrected chi connectivity index (χ4v) is 1.62. The summed E-state index contributed by atoms with van der Waals surface area (Å²) < 4.78 is 0. The Hall–Kier alpha value is -1.71. The molecule has 0 radical (unpaired) electrons. The minimum absolute atomic E-state index is 0.412. The van der Waals surface area contributed by atoms with E-state index < -0.39 is 0 Å². The van der Waals surface area contributed by atoms with Crippen LogP contribution in [0.1, 0.15) is 12.5 Å². The molecule has 1 aromatic carbocycles. The third-order valence-corrected chi connectivity index (χ3v) is 3.42. The zero-order chi connectivity index (χ0) is 16.5. The molecule has 0 aromatic heterocycles. The second kappa shape index (κ2) is 9.34. The van der Waals surface area contributed by atoms with Crippen LogP contribution in [-0.4, -0.2) is 35.7 Å². The number of hydrogen-bond donors (Lipinski definition) is 5. The SMILES string of the molecule is CNC(=S)NN=C(C)C(=NNC(=S)NC)c1ccc(S)cc1. The van der Waals surface area contributed by atoms with E-state index >= 15 is 0 Å². The third kappa shape index (κ3) is 5.96. The highest BCUT2D eigenvalue weighted by molar-refractivity contribution is 7.80. The summed E-state index contributed by atoms with van der Waals surface area (Å²) in [6.07, 6.45) is 0. The first-order valence-corrected chi connectivity index (χ1v) is 7.61. The van der Waals surface area contributed by atoms with Crippen molar-refractivity contribution in [3.05, 3.63) is 29.8 Å². The molecule has 1 aromatic rings. The second-order valence-corrected chi connectivity index (χ2v) is 5.42. The topological polar surface area (TPSA) is 72.8 Å². The van der Waals surface area contributed by atoms with E-state index in [9.17, 15) is 0 Å². The highest BCUT2D eigenvalue weighted by atomic mass is 32.1. The Kier molecular flexibility index (Phi) is 7.78. The summed E-state index contributed by atoms with van der Waals surface area (Å²) in [7, 11) is 3.43. The molecule has 0 spiro atoms. The van der Waals surface area contributed by atoms with Crippen LogP contribution in [-0.2, 0) is 0 Å².